The largest absolute Gasteiger partial charge is 0.455 e. The summed E-state index contributed by atoms with van der Waals surface area (Å²) in [5, 5.41) is 10.6. The number of carbonyl (C=O) groups is 1. The quantitative estimate of drug-likeness (QED) is 0.307. The lowest BCUT2D eigenvalue weighted by Gasteiger charge is -2.28. The number of alkyl halides is 3. The predicted octanol–water partition coefficient (Wildman–Crippen LogP) is 4.81. The molecule has 1 aromatic carbocycles. The van der Waals surface area contributed by atoms with Gasteiger partial charge in [-0.05, 0) is 79.5 Å². The van der Waals surface area contributed by atoms with Gasteiger partial charge in [0, 0.05) is 26.9 Å². The fourth-order valence-corrected chi connectivity index (χ4v) is 4.16. The van der Waals surface area contributed by atoms with Gasteiger partial charge in [-0.2, -0.15) is 22.8 Å². The van der Waals surface area contributed by atoms with Crippen molar-refractivity contribution in [3.05, 3.63) is 45.2 Å². The molecule has 0 atom stereocenters. The van der Waals surface area contributed by atoms with E-state index in [0.717, 1.165) is 41.1 Å². The Morgan fingerprint density at radius 1 is 1.19 bits per heavy atom. The van der Waals surface area contributed by atoms with Crippen molar-refractivity contribution in [1.82, 2.24) is 14.6 Å². The number of nitrogens with two attached hydrogens (primary N) is 1. The number of anilines is 3. The zero-order valence-corrected chi connectivity index (χ0v) is 19.4. The summed E-state index contributed by atoms with van der Waals surface area (Å²) >= 11 is 2.19. The van der Waals surface area contributed by atoms with E-state index in [1.54, 1.807) is 0 Å². The van der Waals surface area contributed by atoms with Crippen molar-refractivity contribution in [1.29, 1.82) is 0 Å². The van der Waals surface area contributed by atoms with E-state index < -0.39 is 17.5 Å². The number of Topliss-reactive ketones (excluding diaryl/α,β-unsaturated/α-hetero) is 1. The molecule has 0 aliphatic heterocycles. The Hall–Kier alpha value is -2.41. The van der Waals surface area contributed by atoms with Gasteiger partial charge >= 0.3 is 6.18 Å². The van der Waals surface area contributed by atoms with Crippen LogP contribution in [0, 0.1) is 10.5 Å². The first-order chi connectivity index (χ1) is 15.1. The lowest BCUT2D eigenvalue weighted by atomic mass is 9.92. The van der Waals surface area contributed by atoms with Crippen molar-refractivity contribution < 1.29 is 18.0 Å². The summed E-state index contributed by atoms with van der Waals surface area (Å²) in [5.41, 5.74) is 6.66. The van der Waals surface area contributed by atoms with Crippen molar-refractivity contribution >= 4 is 51.3 Å². The summed E-state index contributed by atoms with van der Waals surface area (Å²) in [6.07, 6.45) is -0.719. The molecular formula is C21H22F3IN6O. The Labute approximate surface area is 196 Å². The van der Waals surface area contributed by atoms with Gasteiger partial charge in [-0.15, -0.1) is 0 Å². The zero-order valence-electron chi connectivity index (χ0n) is 17.2. The van der Waals surface area contributed by atoms with E-state index in [0.29, 0.717) is 17.2 Å². The minimum absolute atomic E-state index is 0.0966. The molecule has 0 unspecified atom stereocenters. The van der Waals surface area contributed by atoms with Crippen molar-refractivity contribution in [2.75, 3.05) is 10.6 Å². The molecule has 2 heterocycles. The fraction of sp³-hybridized carbons (Fsp3) is 0.381. The van der Waals surface area contributed by atoms with E-state index in [2.05, 4.69) is 43.3 Å². The van der Waals surface area contributed by atoms with Gasteiger partial charge in [-0.3, -0.25) is 4.79 Å². The second-order valence-corrected chi connectivity index (χ2v) is 9.19. The number of benzene rings is 1. The average Bonchev–Trinajstić information content (AvgIpc) is 3.16. The summed E-state index contributed by atoms with van der Waals surface area (Å²) < 4.78 is 41.8. The maximum atomic E-state index is 13.2. The number of carbonyl (C=O) groups excluding carboxylic acids is 1. The van der Waals surface area contributed by atoms with Crippen LogP contribution in [-0.4, -0.2) is 38.6 Å². The third-order valence-corrected chi connectivity index (χ3v) is 6.32. The molecule has 11 heteroatoms. The third-order valence-electron chi connectivity index (χ3n) is 5.61. The van der Waals surface area contributed by atoms with Gasteiger partial charge in [-0.1, -0.05) is 0 Å². The number of aromatic nitrogens is 3. The Morgan fingerprint density at radius 2 is 1.84 bits per heavy atom. The first-order valence-electron chi connectivity index (χ1n) is 10.2. The van der Waals surface area contributed by atoms with Crippen molar-refractivity contribution in [2.24, 2.45) is 5.73 Å². The van der Waals surface area contributed by atoms with E-state index in [9.17, 15) is 18.0 Å². The number of nitrogens with zero attached hydrogens (tertiary/aromatic N) is 3. The van der Waals surface area contributed by atoms with Gasteiger partial charge in [0.1, 0.15) is 11.6 Å². The van der Waals surface area contributed by atoms with Crippen molar-refractivity contribution in [3.8, 4) is 0 Å². The lowest BCUT2D eigenvalue weighted by Crippen LogP contribution is -2.33. The number of fused-ring (bicyclic) bond motifs is 1. The Kier molecular flexibility index (Phi) is 6.30. The maximum Gasteiger partial charge on any atom is 0.455 e. The molecule has 0 radical (unpaired) electrons. The Bertz CT molecular complexity index is 1140. The molecule has 170 valence electrons. The van der Waals surface area contributed by atoms with Gasteiger partial charge in [0.05, 0.1) is 11.8 Å². The van der Waals surface area contributed by atoms with Gasteiger partial charge in [0.15, 0.2) is 5.65 Å². The molecule has 3 aromatic rings. The van der Waals surface area contributed by atoms with Crippen molar-refractivity contribution in [2.45, 2.75) is 50.9 Å². The number of ketones is 1. The standard InChI is InChI=1S/C21H22F3IN6O/c1-11-18(28-14-8-4-13(26)5-9-14)30-20-16(17(32)21(22,23)24)10-27-31(20)19(11)29-15-6-2-12(25)3-7-15/h2-3,6-7,10,13-14,29H,4-5,8-9,26H2,1H3,(H,28,30). The van der Waals surface area contributed by atoms with Crippen LogP contribution >= 0.6 is 22.6 Å². The third kappa shape index (κ3) is 4.68. The highest BCUT2D eigenvalue weighted by atomic mass is 127. The summed E-state index contributed by atoms with van der Waals surface area (Å²) in [5.74, 6) is -1.12. The molecule has 0 saturated heterocycles. The van der Waals surface area contributed by atoms with Crippen LogP contribution in [0.4, 0.5) is 30.5 Å². The van der Waals surface area contributed by atoms with Crippen LogP contribution < -0.4 is 16.4 Å². The molecule has 2 aromatic heterocycles. The molecule has 4 rings (SSSR count). The van der Waals surface area contributed by atoms with Gasteiger partial charge < -0.3 is 16.4 Å². The zero-order chi connectivity index (χ0) is 23.0. The van der Waals surface area contributed by atoms with E-state index in [1.165, 1.54) is 4.52 Å². The number of halogens is 4. The van der Waals surface area contributed by atoms with Gasteiger partial charge in [0.25, 0.3) is 5.78 Å². The molecule has 1 saturated carbocycles. The first kappa shape index (κ1) is 22.8. The second-order valence-electron chi connectivity index (χ2n) is 7.94. The van der Waals surface area contributed by atoms with Crippen LogP contribution in [0.5, 0.6) is 0 Å². The molecular weight excluding hydrogens is 536 g/mol. The van der Waals surface area contributed by atoms with Crippen molar-refractivity contribution in [3.63, 3.8) is 0 Å². The normalized spacial score (nSPS) is 19.2. The topological polar surface area (TPSA) is 97.3 Å². The molecule has 1 fully saturated rings. The minimum Gasteiger partial charge on any atom is -0.367 e. The van der Waals surface area contributed by atoms with Gasteiger partial charge in [-0.25, -0.2) is 4.98 Å². The van der Waals surface area contributed by atoms with Crippen LogP contribution in [0.25, 0.3) is 5.65 Å². The van der Waals surface area contributed by atoms with E-state index in [1.807, 2.05) is 31.2 Å². The molecule has 0 spiro atoms. The fourth-order valence-electron chi connectivity index (χ4n) is 3.80. The van der Waals surface area contributed by atoms with Crippen LogP contribution in [0.1, 0.15) is 41.6 Å². The van der Waals surface area contributed by atoms with Crippen LogP contribution in [0.2, 0.25) is 0 Å². The number of hydrogen-bond donors (Lipinski definition) is 3. The highest BCUT2D eigenvalue weighted by molar-refractivity contribution is 14.1. The minimum atomic E-state index is -5.02. The molecule has 4 N–H and O–H groups in total. The number of rotatable bonds is 5. The predicted molar refractivity (Wildman–Crippen MR) is 124 cm³/mol. The molecule has 0 amide bonds. The molecule has 0 bridgehead atoms. The number of hydrogen-bond acceptors (Lipinski definition) is 6. The van der Waals surface area contributed by atoms with Crippen LogP contribution in [0.15, 0.2) is 30.5 Å². The molecule has 1 aliphatic carbocycles. The van der Waals surface area contributed by atoms with Crippen LogP contribution in [0.3, 0.4) is 0 Å². The Balaban J connectivity index is 1.80. The highest BCUT2D eigenvalue weighted by Gasteiger charge is 2.41. The molecule has 1 aliphatic rings. The average molecular weight is 558 g/mol. The highest BCUT2D eigenvalue weighted by Crippen LogP contribution is 2.32. The lowest BCUT2D eigenvalue weighted by molar-refractivity contribution is -0.0884. The maximum absolute atomic E-state index is 13.2. The van der Waals surface area contributed by atoms with Gasteiger partial charge in [0.2, 0.25) is 0 Å². The monoisotopic (exact) mass is 558 g/mol. The second kappa shape index (κ2) is 8.85. The molecule has 7 nitrogen and oxygen atoms in total. The van der Waals surface area contributed by atoms with E-state index >= 15 is 0 Å². The number of nitrogens with one attached hydrogen (secondary N) is 2. The Morgan fingerprint density at radius 3 is 2.47 bits per heavy atom. The summed E-state index contributed by atoms with van der Waals surface area (Å²) in [6.45, 7) is 1.81. The van der Waals surface area contributed by atoms with E-state index in [4.69, 9.17) is 5.73 Å². The smallest absolute Gasteiger partial charge is 0.367 e. The summed E-state index contributed by atoms with van der Waals surface area (Å²) in [4.78, 5) is 16.4. The summed E-state index contributed by atoms with van der Waals surface area (Å²) in [7, 11) is 0. The summed E-state index contributed by atoms with van der Waals surface area (Å²) in [6, 6.07) is 7.78. The first-order valence-corrected chi connectivity index (χ1v) is 11.3. The van der Waals surface area contributed by atoms with E-state index in [-0.39, 0.29) is 17.7 Å². The SMILES string of the molecule is Cc1c(NC2CCC(N)CC2)nc2c(C(=O)C(F)(F)F)cnn2c1Nc1ccc(I)cc1. The molecule has 32 heavy (non-hydrogen) atoms. The van der Waals surface area contributed by atoms with Crippen LogP contribution in [-0.2, 0) is 0 Å².